The van der Waals surface area contributed by atoms with Crippen LogP contribution in [0.3, 0.4) is 0 Å². The van der Waals surface area contributed by atoms with Gasteiger partial charge in [0, 0.05) is 12.7 Å². The Kier molecular flexibility index (Phi) is 3.79. The average Bonchev–Trinajstić information content (AvgIpc) is 2.68. The van der Waals surface area contributed by atoms with E-state index in [1.807, 2.05) is 50.8 Å². The number of anilines is 1. The molecular formula is C15H19N3O2. The number of nitrogens with zero attached hydrogens (tertiary/aromatic N) is 2. The number of aromatic nitrogens is 2. The van der Waals surface area contributed by atoms with Crippen LogP contribution in [0.1, 0.15) is 32.7 Å². The molecule has 0 amide bonds. The molecule has 20 heavy (non-hydrogen) atoms. The van der Waals surface area contributed by atoms with Crippen LogP contribution in [0.15, 0.2) is 18.3 Å². The third-order valence-corrected chi connectivity index (χ3v) is 3.60. The van der Waals surface area contributed by atoms with E-state index in [1.165, 1.54) is 0 Å². The zero-order valence-electron chi connectivity index (χ0n) is 12.2. The molecule has 0 aliphatic carbocycles. The Labute approximate surface area is 118 Å². The maximum absolute atomic E-state index is 11.3. The molecule has 0 aliphatic heterocycles. The molecule has 1 aromatic heterocycles. The summed E-state index contributed by atoms with van der Waals surface area (Å²) in [5, 5.41) is 16.8. The number of hydrogen-bond donors (Lipinski definition) is 2. The Hall–Kier alpha value is -2.30. The first-order valence-corrected chi connectivity index (χ1v) is 6.46. The van der Waals surface area contributed by atoms with Crippen LogP contribution in [0, 0.1) is 20.8 Å². The van der Waals surface area contributed by atoms with Gasteiger partial charge in [0.25, 0.3) is 0 Å². The van der Waals surface area contributed by atoms with Crippen molar-refractivity contribution < 1.29 is 9.90 Å². The van der Waals surface area contributed by atoms with Crippen molar-refractivity contribution in [2.75, 3.05) is 5.32 Å². The summed E-state index contributed by atoms with van der Waals surface area (Å²) in [5.74, 6) is -0.889. The van der Waals surface area contributed by atoms with Gasteiger partial charge in [-0.05, 0) is 43.5 Å². The highest BCUT2D eigenvalue weighted by molar-refractivity contribution is 5.92. The van der Waals surface area contributed by atoms with E-state index in [0.717, 1.165) is 28.1 Å². The molecule has 0 atom stereocenters. The molecule has 5 heteroatoms. The number of carboxylic acids is 1. The summed E-state index contributed by atoms with van der Waals surface area (Å²) in [7, 11) is 1.90. The quantitative estimate of drug-likeness (QED) is 0.898. The Bertz CT molecular complexity index is 640. The largest absolute Gasteiger partial charge is 0.478 e. The van der Waals surface area contributed by atoms with E-state index in [-0.39, 0.29) is 0 Å². The van der Waals surface area contributed by atoms with E-state index in [0.29, 0.717) is 12.1 Å². The number of benzene rings is 1. The minimum Gasteiger partial charge on any atom is -0.478 e. The summed E-state index contributed by atoms with van der Waals surface area (Å²) in [6, 6.07) is 3.75. The lowest BCUT2D eigenvalue weighted by molar-refractivity contribution is 0.0695. The van der Waals surface area contributed by atoms with Gasteiger partial charge in [-0.15, -0.1) is 0 Å². The molecule has 2 rings (SSSR count). The smallest absolute Gasteiger partial charge is 0.336 e. The van der Waals surface area contributed by atoms with Gasteiger partial charge < -0.3 is 10.4 Å². The van der Waals surface area contributed by atoms with E-state index in [9.17, 15) is 9.90 Å². The maximum Gasteiger partial charge on any atom is 0.336 e. The van der Waals surface area contributed by atoms with Gasteiger partial charge in [0.05, 0.1) is 24.0 Å². The average molecular weight is 273 g/mol. The molecule has 1 heterocycles. The van der Waals surface area contributed by atoms with Crippen LogP contribution in [-0.4, -0.2) is 20.9 Å². The summed E-state index contributed by atoms with van der Waals surface area (Å²) in [6.07, 6.45) is 1.82. The molecule has 2 aromatic rings. The van der Waals surface area contributed by atoms with Crippen LogP contribution >= 0.6 is 0 Å². The van der Waals surface area contributed by atoms with Crippen molar-refractivity contribution in [3.63, 3.8) is 0 Å². The number of nitrogens with one attached hydrogen (secondary N) is 1. The highest BCUT2D eigenvalue weighted by Crippen LogP contribution is 2.23. The molecule has 5 nitrogen and oxygen atoms in total. The summed E-state index contributed by atoms with van der Waals surface area (Å²) in [4.78, 5) is 11.3. The van der Waals surface area contributed by atoms with E-state index < -0.39 is 5.97 Å². The maximum atomic E-state index is 11.3. The Morgan fingerprint density at radius 3 is 2.55 bits per heavy atom. The van der Waals surface area contributed by atoms with Crippen LogP contribution in [0.2, 0.25) is 0 Å². The molecule has 0 radical (unpaired) electrons. The topological polar surface area (TPSA) is 67.2 Å². The SMILES string of the molecule is Cc1ccc(NCc2c(C)cnn2C)c(C)c1C(=O)O. The Balaban J connectivity index is 2.27. The molecule has 0 fully saturated rings. The van der Waals surface area contributed by atoms with Crippen molar-refractivity contribution in [1.82, 2.24) is 9.78 Å². The molecule has 0 saturated heterocycles. The zero-order chi connectivity index (χ0) is 14.9. The van der Waals surface area contributed by atoms with Gasteiger partial charge in [-0.25, -0.2) is 4.79 Å². The number of aryl methyl sites for hydroxylation is 3. The number of carboxylic acid groups (broad SMARTS) is 1. The lowest BCUT2D eigenvalue weighted by atomic mass is 10.0. The van der Waals surface area contributed by atoms with Crippen LogP contribution in [-0.2, 0) is 13.6 Å². The summed E-state index contributed by atoms with van der Waals surface area (Å²) < 4.78 is 1.82. The van der Waals surface area contributed by atoms with Gasteiger partial charge in [-0.2, -0.15) is 5.10 Å². The predicted molar refractivity (Wildman–Crippen MR) is 78.1 cm³/mol. The van der Waals surface area contributed by atoms with Crippen molar-refractivity contribution in [1.29, 1.82) is 0 Å². The van der Waals surface area contributed by atoms with Crippen molar-refractivity contribution in [2.45, 2.75) is 27.3 Å². The van der Waals surface area contributed by atoms with E-state index >= 15 is 0 Å². The second-order valence-electron chi connectivity index (χ2n) is 4.99. The molecule has 0 aliphatic rings. The van der Waals surface area contributed by atoms with Crippen LogP contribution in [0.25, 0.3) is 0 Å². The second-order valence-corrected chi connectivity index (χ2v) is 4.99. The lowest BCUT2D eigenvalue weighted by Gasteiger charge is -2.14. The predicted octanol–water partition coefficient (Wildman–Crippen LogP) is 2.66. The molecule has 2 N–H and O–H groups in total. The van der Waals surface area contributed by atoms with Crippen molar-refractivity contribution >= 4 is 11.7 Å². The third kappa shape index (κ3) is 2.52. The van der Waals surface area contributed by atoms with Gasteiger partial charge in [-0.1, -0.05) is 6.07 Å². The summed E-state index contributed by atoms with van der Waals surface area (Å²) >= 11 is 0. The van der Waals surface area contributed by atoms with Crippen LogP contribution < -0.4 is 5.32 Å². The van der Waals surface area contributed by atoms with Crippen LogP contribution in [0.5, 0.6) is 0 Å². The number of aromatic carboxylic acids is 1. The fourth-order valence-electron chi connectivity index (χ4n) is 2.37. The van der Waals surface area contributed by atoms with Gasteiger partial charge in [0.1, 0.15) is 0 Å². The number of hydrogen-bond acceptors (Lipinski definition) is 3. The minimum absolute atomic E-state index is 0.372. The van der Waals surface area contributed by atoms with E-state index in [2.05, 4.69) is 10.4 Å². The summed E-state index contributed by atoms with van der Waals surface area (Å²) in [5.41, 5.74) is 4.95. The highest BCUT2D eigenvalue weighted by Gasteiger charge is 2.14. The monoisotopic (exact) mass is 273 g/mol. The number of carbonyl (C=O) groups is 1. The second kappa shape index (κ2) is 5.36. The minimum atomic E-state index is -0.889. The first kappa shape index (κ1) is 14.1. The van der Waals surface area contributed by atoms with Gasteiger partial charge in [0.2, 0.25) is 0 Å². The molecule has 0 saturated carbocycles. The summed E-state index contributed by atoms with van der Waals surface area (Å²) in [6.45, 7) is 6.26. The van der Waals surface area contributed by atoms with Gasteiger partial charge in [0.15, 0.2) is 0 Å². The zero-order valence-corrected chi connectivity index (χ0v) is 12.2. The third-order valence-electron chi connectivity index (χ3n) is 3.60. The molecule has 0 unspecified atom stereocenters. The molecular weight excluding hydrogens is 254 g/mol. The van der Waals surface area contributed by atoms with Crippen LogP contribution in [0.4, 0.5) is 5.69 Å². The fourth-order valence-corrected chi connectivity index (χ4v) is 2.37. The van der Waals surface area contributed by atoms with Gasteiger partial charge in [-0.3, -0.25) is 4.68 Å². The van der Waals surface area contributed by atoms with Crippen molar-refractivity contribution in [3.8, 4) is 0 Å². The van der Waals surface area contributed by atoms with Gasteiger partial charge >= 0.3 is 5.97 Å². The Morgan fingerprint density at radius 2 is 2.00 bits per heavy atom. The first-order valence-electron chi connectivity index (χ1n) is 6.46. The van der Waals surface area contributed by atoms with E-state index in [4.69, 9.17) is 0 Å². The molecule has 1 aromatic carbocycles. The first-order chi connectivity index (χ1) is 9.41. The lowest BCUT2D eigenvalue weighted by Crippen LogP contribution is -2.10. The Morgan fingerprint density at radius 1 is 1.30 bits per heavy atom. The molecule has 0 spiro atoms. The molecule has 106 valence electrons. The fraction of sp³-hybridized carbons (Fsp3) is 0.333. The van der Waals surface area contributed by atoms with Crippen molar-refractivity contribution in [2.24, 2.45) is 7.05 Å². The highest BCUT2D eigenvalue weighted by atomic mass is 16.4. The van der Waals surface area contributed by atoms with E-state index in [1.54, 1.807) is 0 Å². The molecule has 0 bridgehead atoms. The number of rotatable bonds is 4. The van der Waals surface area contributed by atoms with Crippen molar-refractivity contribution in [3.05, 3.63) is 46.3 Å². The standard InChI is InChI=1S/C15H19N3O2/c1-9-5-6-12(11(3)14(9)15(19)20)16-8-13-10(2)7-17-18(13)4/h5-7,16H,8H2,1-4H3,(H,19,20). The normalized spacial score (nSPS) is 10.6.